The minimum atomic E-state index is -3.73. The molecular weight excluding hydrogens is 537 g/mol. The van der Waals surface area contributed by atoms with Crippen LogP contribution in [0.15, 0.2) is 54.6 Å². The van der Waals surface area contributed by atoms with Gasteiger partial charge in [-0.3, -0.25) is 8.98 Å². The van der Waals surface area contributed by atoms with Crippen molar-refractivity contribution in [2.45, 2.75) is 6.42 Å². The second-order valence-electron chi connectivity index (χ2n) is 6.47. The average molecular weight is 555 g/mol. The molecule has 3 rings (SSSR count). The fourth-order valence-corrected chi connectivity index (χ4v) is 3.61. The molecule has 9 nitrogen and oxygen atoms in total. The van der Waals surface area contributed by atoms with Crippen LogP contribution >= 0.6 is 22.6 Å². The summed E-state index contributed by atoms with van der Waals surface area (Å²) in [7, 11) is -3.73. The van der Waals surface area contributed by atoms with Gasteiger partial charge in [0.05, 0.1) is 18.6 Å². The van der Waals surface area contributed by atoms with Crippen LogP contribution in [0.5, 0.6) is 0 Å². The van der Waals surface area contributed by atoms with Crippen LogP contribution in [0.3, 0.4) is 0 Å². The summed E-state index contributed by atoms with van der Waals surface area (Å²) in [4.78, 5) is 25.0. The Morgan fingerprint density at radius 3 is 2.35 bits per heavy atom. The van der Waals surface area contributed by atoms with Gasteiger partial charge in [-0.25, -0.2) is 9.48 Å². The van der Waals surface area contributed by atoms with Gasteiger partial charge in [-0.1, -0.05) is 18.2 Å². The van der Waals surface area contributed by atoms with Crippen molar-refractivity contribution in [3.8, 4) is 5.69 Å². The molecule has 3 aromatic rings. The van der Waals surface area contributed by atoms with Crippen LogP contribution in [0.1, 0.15) is 26.5 Å². The Labute approximate surface area is 192 Å². The molecule has 0 spiro atoms. The van der Waals surface area contributed by atoms with E-state index in [-0.39, 0.29) is 30.0 Å². The van der Waals surface area contributed by atoms with Gasteiger partial charge < -0.3 is 10.4 Å². The summed E-state index contributed by atoms with van der Waals surface area (Å²) in [5, 5.41) is 16.5. The van der Waals surface area contributed by atoms with Gasteiger partial charge in [0, 0.05) is 21.2 Å². The zero-order valence-electron chi connectivity index (χ0n) is 16.3. The highest BCUT2D eigenvalue weighted by atomic mass is 127. The predicted octanol–water partition coefficient (Wildman–Crippen LogP) is 2.95. The van der Waals surface area contributed by atoms with E-state index in [4.69, 9.17) is 4.18 Å². The molecule has 0 aliphatic rings. The predicted molar refractivity (Wildman–Crippen MR) is 122 cm³/mol. The molecular formula is C20H18IN3O6S. The third-order valence-corrected chi connectivity index (χ3v) is 5.47. The molecule has 0 saturated carbocycles. The first-order valence-electron chi connectivity index (χ1n) is 8.97. The minimum Gasteiger partial charge on any atom is -0.476 e. The SMILES string of the molecule is CS(=O)(=O)OCCc1c(C(=O)O)nn(-c2ccccc2)c1C(=O)Nc1ccc(I)cc1. The van der Waals surface area contributed by atoms with Crippen LogP contribution in [0.25, 0.3) is 5.69 Å². The third kappa shape index (κ3) is 5.89. The molecule has 11 heteroatoms. The number of amides is 1. The summed E-state index contributed by atoms with van der Waals surface area (Å²) in [5.41, 5.74) is 0.700. The molecule has 0 aliphatic carbocycles. The number of para-hydroxylation sites is 1. The van der Waals surface area contributed by atoms with Crippen LogP contribution in [-0.2, 0) is 20.7 Å². The number of carbonyl (C=O) groups is 2. The number of carboxylic acids is 1. The highest BCUT2D eigenvalue weighted by Crippen LogP contribution is 2.22. The van der Waals surface area contributed by atoms with Crippen LogP contribution in [-0.4, -0.2) is 48.0 Å². The molecule has 1 heterocycles. The fourth-order valence-electron chi connectivity index (χ4n) is 2.87. The molecule has 1 aromatic heterocycles. The van der Waals surface area contributed by atoms with E-state index in [1.165, 1.54) is 4.68 Å². The highest BCUT2D eigenvalue weighted by Gasteiger charge is 2.28. The number of halogens is 1. The summed E-state index contributed by atoms with van der Waals surface area (Å²) in [6.45, 7) is -0.330. The van der Waals surface area contributed by atoms with Crippen molar-refractivity contribution in [1.29, 1.82) is 0 Å². The first-order chi connectivity index (χ1) is 14.7. The lowest BCUT2D eigenvalue weighted by Crippen LogP contribution is -2.19. The van der Waals surface area contributed by atoms with Crippen molar-refractivity contribution in [2.24, 2.45) is 0 Å². The van der Waals surface area contributed by atoms with Crippen molar-refractivity contribution in [3.63, 3.8) is 0 Å². The van der Waals surface area contributed by atoms with Crippen LogP contribution in [0, 0.1) is 3.57 Å². The number of carboxylic acid groups (broad SMARTS) is 1. The zero-order chi connectivity index (χ0) is 22.6. The molecule has 0 unspecified atom stereocenters. The van der Waals surface area contributed by atoms with Gasteiger partial charge in [-0.05, 0) is 59.0 Å². The molecule has 2 N–H and O–H groups in total. The minimum absolute atomic E-state index is 0.0146. The third-order valence-electron chi connectivity index (χ3n) is 4.15. The van der Waals surface area contributed by atoms with E-state index in [9.17, 15) is 23.1 Å². The Bertz CT molecular complexity index is 1210. The highest BCUT2D eigenvalue weighted by molar-refractivity contribution is 14.1. The normalized spacial score (nSPS) is 11.3. The van der Waals surface area contributed by atoms with Gasteiger partial charge in [0.2, 0.25) is 0 Å². The summed E-state index contributed by atoms with van der Waals surface area (Å²) >= 11 is 2.14. The number of anilines is 1. The fraction of sp³-hybridized carbons (Fsp3) is 0.150. The zero-order valence-corrected chi connectivity index (χ0v) is 19.3. The molecule has 2 aromatic carbocycles. The number of rotatable bonds is 8. The maximum Gasteiger partial charge on any atom is 0.356 e. The van der Waals surface area contributed by atoms with Gasteiger partial charge in [0.15, 0.2) is 5.69 Å². The van der Waals surface area contributed by atoms with Gasteiger partial charge in [-0.2, -0.15) is 13.5 Å². The van der Waals surface area contributed by atoms with E-state index in [0.717, 1.165) is 9.83 Å². The lowest BCUT2D eigenvalue weighted by molar-refractivity contribution is 0.0688. The number of carbonyl (C=O) groups excluding carboxylic acids is 1. The monoisotopic (exact) mass is 555 g/mol. The molecule has 0 fully saturated rings. The lowest BCUT2D eigenvalue weighted by atomic mass is 10.1. The number of aromatic carboxylic acids is 1. The van der Waals surface area contributed by atoms with Crippen molar-refractivity contribution in [2.75, 3.05) is 18.2 Å². The smallest absolute Gasteiger partial charge is 0.356 e. The maximum atomic E-state index is 13.2. The van der Waals surface area contributed by atoms with Crippen LogP contribution in [0.2, 0.25) is 0 Å². The lowest BCUT2D eigenvalue weighted by Gasteiger charge is -2.11. The number of nitrogens with one attached hydrogen (secondary N) is 1. The Hall–Kier alpha value is -2.77. The van der Waals surface area contributed by atoms with E-state index >= 15 is 0 Å². The Kier molecular flexibility index (Phi) is 7.08. The first-order valence-corrected chi connectivity index (χ1v) is 11.9. The van der Waals surface area contributed by atoms with Gasteiger partial charge >= 0.3 is 5.97 Å². The van der Waals surface area contributed by atoms with E-state index < -0.39 is 22.0 Å². The van der Waals surface area contributed by atoms with E-state index in [1.807, 2.05) is 12.1 Å². The molecule has 1 amide bonds. The standard InChI is InChI=1S/C20H18IN3O6S/c1-31(28,29)30-12-11-16-17(20(26)27)23-24(15-5-3-2-4-6-15)18(16)19(25)22-14-9-7-13(21)8-10-14/h2-10H,11-12H2,1H3,(H,22,25)(H,26,27). The van der Waals surface area contributed by atoms with Crippen LogP contribution < -0.4 is 5.32 Å². The summed E-state index contributed by atoms with van der Waals surface area (Å²) in [6.07, 6.45) is 0.750. The number of aromatic nitrogens is 2. The van der Waals surface area contributed by atoms with Crippen molar-refractivity contribution < 1.29 is 27.3 Å². The largest absolute Gasteiger partial charge is 0.476 e. The molecule has 0 bridgehead atoms. The maximum absolute atomic E-state index is 13.2. The molecule has 162 valence electrons. The van der Waals surface area contributed by atoms with Gasteiger partial charge in [0.1, 0.15) is 5.69 Å². The Morgan fingerprint density at radius 2 is 1.77 bits per heavy atom. The van der Waals surface area contributed by atoms with Crippen LogP contribution in [0.4, 0.5) is 5.69 Å². The molecule has 31 heavy (non-hydrogen) atoms. The average Bonchev–Trinajstić information content (AvgIpc) is 3.09. The molecule has 0 aliphatic heterocycles. The number of nitrogens with zero attached hydrogens (tertiary/aromatic N) is 2. The quantitative estimate of drug-likeness (QED) is 0.323. The number of hydrogen-bond donors (Lipinski definition) is 2. The van der Waals surface area contributed by atoms with Gasteiger partial charge in [-0.15, -0.1) is 0 Å². The first kappa shape index (κ1) is 22.9. The Morgan fingerprint density at radius 1 is 1.13 bits per heavy atom. The van der Waals surface area contributed by atoms with E-state index in [2.05, 4.69) is 33.0 Å². The Balaban J connectivity index is 2.08. The molecule has 0 atom stereocenters. The summed E-state index contributed by atoms with van der Waals surface area (Å²) in [5.74, 6) is -1.92. The summed E-state index contributed by atoms with van der Waals surface area (Å²) < 4.78 is 29.6. The number of hydrogen-bond acceptors (Lipinski definition) is 6. The number of benzene rings is 2. The second-order valence-corrected chi connectivity index (χ2v) is 9.35. The van der Waals surface area contributed by atoms with Crippen molar-refractivity contribution >= 4 is 50.3 Å². The van der Waals surface area contributed by atoms with E-state index in [1.54, 1.807) is 42.5 Å². The molecule has 0 radical (unpaired) electrons. The molecule has 0 saturated heterocycles. The topological polar surface area (TPSA) is 128 Å². The van der Waals surface area contributed by atoms with E-state index in [0.29, 0.717) is 11.4 Å². The van der Waals surface area contributed by atoms with Crippen molar-refractivity contribution in [3.05, 3.63) is 75.1 Å². The summed E-state index contributed by atoms with van der Waals surface area (Å²) in [6, 6.07) is 15.6. The van der Waals surface area contributed by atoms with Gasteiger partial charge in [0.25, 0.3) is 16.0 Å². The second kappa shape index (κ2) is 9.58. The van der Waals surface area contributed by atoms with Crippen molar-refractivity contribution in [1.82, 2.24) is 9.78 Å².